The zero-order valence-electron chi connectivity index (χ0n) is 18.4. The number of methoxy groups -OCH3 is 2. The lowest BCUT2D eigenvalue weighted by atomic mass is 9.94. The Morgan fingerprint density at radius 1 is 0.971 bits per heavy atom. The maximum atomic E-state index is 13.2. The Balaban J connectivity index is 1.70. The number of hydrogen-bond donors (Lipinski definition) is 1. The van der Waals surface area contributed by atoms with Gasteiger partial charge in [-0.25, -0.2) is 4.98 Å². The summed E-state index contributed by atoms with van der Waals surface area (Å²) in [5, 5.41) is 15.2. The van der Waals surface area contributed by atoms with Gasteiger partial charge in [-0.2, -0.15) is 0 Å². The molecule has 0 saturated carbocycles. The topological polar surface area (TPSA) is 89.0 Å². The van der Waals surface area contributed by atoms with E-state index in [0.29, 0.717) is 22.0 Å². The molecule has 5 rings (SSSR count). The molecule has 7 nitrogen and oxygen atoms in total. The van der Waals surface area contributed by atoms with Crippen molar-refractivity contribution in [2.24, 2.45) is 0 Å². The molecule has 0 radical (unpaired) electrons. The molecule has 170 valence electrons. The number of benzene rings is 3. The van der Waals surface area contributed by atoms with Gasteiger partial charge in [0.2, 0.25) is 0 Å². The van der Waals surface area contributed by atoms with Crippen LogP contribution in [0.1, 0.15) is 17.2 Å². The molecule has 3 aromatic carbocycles. The first-order valence-corrected chi connectivity index (χ1v) is 11.3. The molecular formula is C26H20N2O5S. The number of anilines is 1. The SMILES string of the molecule is COc1cccc(C2/C(=C(\O)c3ccc4cc(OC)ccc4c3)C(=O)C(=O)N2c2nccs2)c1. The van der Waals surface area contributed by atoms with Crippen LogP contribution in [0.15, 0.2) is 77.8 Å². The Morgan fingerprint density at radius 2 is 1.71 bits per heavy atom. The molecule has 1 aliphatic heterocycles. The number of aliphatic hydroxyl groups excluding tert-OH is 1. The van der Waals surface area contributed by atoms with Crippen LogP contribution in [-0.4, -0.2) is 36.0 Å². The van der Waals surface area contributed by atoms with Gasteiger partial charge in [-0.05, 0) is 46.7 Å². The summed E-state index contributed by atoms with van der Waals surface area (Å²) in [6.45, 7) is 0. The average molecular weight is 473 g/mol. The summed E-state index contributed by atoms with van der Waals surface area (Å²) < 4.78 is 10.6. The van der Waals surface area contributed by atoms with E-state index < -0.39 is 17.7 Å². The van der Waals surface area contributed by atoms with E-state index in [-0.39, 0.29) is 11.3 Å². The molecule has 0 aliphatic carbocycles. The zero-order valence-corrected chi connectivity index (χ0v) is 19.2. The second-order valence-corrected chi connectivity index (χ2v) is 8.56. The summed E-state index contributed by atoms with van der Waals surface area (Å²) >= 11 is 1.24. The standard InChI is InChI=1S/C26H20N2O5S/c1-32-19-5-3-4-17(14-19)22-21(24(30)25(31)28(22)26-27-10-11-34-26)23(29)18-7-6-16-13-20(33-2)9-8-15(16)12-18/h3-14,22,29H,1-2H3/b23-21+. The number of carbonyl (C=O) groups excluding carboxylic acids is 2. The van der Waals surface area contributed by atoms with E-state index in [1.54, 1.807) is 62.2 Å². The number of nitrogens with zero attached hydrogens (tertiary/aromatic N) is 2. The molecule has 1 aromatic heterocycles. The number of carbonyl (C=O) groups is 2. The van der Waals surface area contributed by atoms with E-state index in [1.165, 1.54) is 16.2 Å². The lowest BCUT2D eigenvalue weighted by molar-refractivity contribution is -0.132. The number of Topliss-reactive ketones (excluding diaryl/α,β-unsaturated/α-hetero) is 1. The summed E-state index contributed by atoms with van der Waals surface area (Å²) in [6.07, 6.45) is 1.57. The van der Waals surface area contributed by atoms with Gasteiger partial charge in [0.05, 0.1) is 25.8 Å². The highest BCUT2D eigenvalue weighted by Crippen LogP contribution is 2.43. The van der Waals surface area contributed by atoms with Crippen LogP contribution in [0.5, 0.6) is 11.5 Å². The van der Waals surface area contributed by atoms with E-state index >= 15 is 0 Å². The van der Waals surface area contributed by atoms with Crippen LogP contribution in [0.4, 0.5) is 5.13 Å². The molecule has 1 unspecified atom stereocenters. The summed E-state index contributed by atoms with van der Waals surface area (Å²) in [4.78, 5) is 31.9. The zero-order chi connectivity index (χ0) is 23.8. The quantitative estimate of drug-likeness (QED) is 0.251. The minimum atomic E-state index is -0.854. The fraction of sp³-hybridized carbons (Fsp3) is 0.115. The summed E-state index contributed by atoms with van der Waals surface area (Å²) in [5.41, 5.74) is 1.06. The molecule has 8 heteroatoms. The van der Waals surface area contributed by atoms with Crippen LogP contribution >= 0.6 is 11.3 Å². The van der Waals surface area contributed by atoms with E-state index in [1.807, 2.05) is 24.3 Å². The number of amides is 1. The van der Waals surface area contributed by atoms with E-state index in [9.17, 15) is 14.7 Å². The smallest absolute Gasteiger partial charge is 0.301 e. The number of fused-ring (bicyclic) bond motifs is 1. The van der Waals surface area contributed by atoms with Crippen LogP contribution in [0, 0.1) is 0 Å². The number of hydrogen-bond acceptors (Lipinski definition) is 7. The highest BCUT2D eigenvalue weighted by Gasteiger charge is 2.48. The Labute approximate surface area is 199 Å². The van der Waals surface area contributed by atoms with Gasteiger partial charge in [-0.1, -0.05) is 30.3 Å². The first-order valence-electron chi connectivity index (χ1n) is 10.4. The molecule has 1 saturated heterocycles. The van der Waals surface area contributed by atoms with Crippen molar-refractivity contribution in [3.8, 4) is 11.5 Å². The Morgan fingerprint density at radius 3 is 2.44 bits per heavy atom. The van der Waals surface area contributed by atoms with Crippen molar-refractivity contribution < 1.29 is 24.2 Å². The van der Waals surface area contributed by atoms with Crippen molar-refractivity contribution in [3.63, 3.8) is 0 Å². The molecule has 2 heterocycles. The molecule has 1 atom stereocenters. The molecule has 1 fully saturated rings. The van der Waals surface area contributed by atoms with Gasteiger partial charge < -0.3 is 14.6 Å². The number of aromatic nitrogens is 1. The largest absolute Gasteiger partial charge is 0.507 e. The van der Waals surface area contributed by atoms with Crippen molar-refractivity contribution in [2.75, 3.05) is 19.1 Å². The van der Waals surface area contributed by atoms with Crippen molar-refractivity contribution >= 4 is 44.7 Å². The summed E-state index contributed by atoms with van der Waals surface area (Å²) in [6, 6.07) is 17.2. The normalized spacial score (nSPS) is 17.4. The van der Waals surface area contributed by atoms with Crippen LogP contribution in [-0.2, 0) is 9.59 Å². The minimum Gasteiger partial charge on any atom is -0.507 e. The maximum absolute atomic E-state index is 13.2. The molecule has 1 N–H and O–H groups in total. The minimum absolute atomic E-state index is 0.00122. The first-order chi connectivity index (χ1) is 16.5. The third kappa shape index (κ3) is 3.58. The van der Waals surface area contributed by atoms with E-state index in [0.717, 1.165) is 16.5 Å². The Bertz CT molecular complexity index is 1440. The lowest BCUT2D eigenvalue weighted by Crippen LogP contribution is -2.29. The number of ether oxygens (including phenoxy) is 2. The number of rotatable bonds is 5. The monoisotopic (exact) mass is 472 g/mol. The van der Waals surface area contributed by atoms with Crippen molar-refractivity contribution in [1.82, 2.24) is 4.98 Å². The second kappa shape index (κ2) is 8.64. The first kappa shape index (κ1) is 21.7. The molecule has 1 aliphatic rings. The van der Waals surface area contributed by atoms with Gasteiger partial charge in [0.1, 0.15) is 17.3 Å². The van der Waals surface area contributed by atoms with Gasteiger partial charge in [0, 0.05) is 17.1 Å². The van der Waals surface area contributed by atoms with Crippen molar-refractivity contribution in [3.05, 3.63) is 88.9 Å². The maximum Gasteiger partial charge on any atom is 0.301 e. The van der Waals surface area contributed by atoms with Gasteiger partial charge >= 0.3 is 5.91 Å². The van der Waals surface area contributed by atoms with Crippen molar-refractivity contribution in [1.29, 1.82) is 0 Å². The number of ketones is 1. The molecule has 34 heavy (non-hydrogen) atoms. The fourth-order valence-corrected chi connectivity index (χ4v) is 4.81. The Hall–Kier alpha value is -4.17. The Kier molecular flexibility index (Phi) is 5.51. The predicted octanol–water partition coefficient (Wildman–Crippen LogP) is 4.94. The van der Waals surface area contributed by atoms with Gasteiger partial charge in [0.15, 0.2) is 5.13 Å². The van der Waals surface area contributed by atoms with Crippen LogP contribution in [0.25, 0.3) is 16.5 Å². The number of aliphatic hydroxyl groups is 1. The molecule has 1 amide bonds. The van der Waals surface area contributed by atoms with Gasteiger partial charge in [0.25, 0.3) is 5.78 Å². The van der Waals surface area contributed by atoms with E-state index in [4.69, 9.17) is 9.47 Å². The van der Waals surface area contributed by atoms with E-state index in [2.05, 4.69) is 4.98 Å². The fourth-order valence-electron chi connectivity index (χ4n) is 4.15. The van der Waals surface area contributed by atoms with Crippen LogP contribution in [0.3, 0.4) is 0 Å². The molecule has 4 aromatic rings. The second-order valence-electron chi connectivity index (χ2n) is 7.69. The summed E-state index contributed by atoms with van der Waals surface area (Å²) in [7, 11) is 3.14. The summed E-state index contributed by atoms with van der Waals surface area (Å²) in [5.74, 6) is -0.466. The van der Waals surface area contributed by atoms with Gasteiger partial charge in [-0.15, -0.1) is 11.3 Å². The molecule has 0 bridgehead atoms. The van der Waals surface area contributed by atoms with Gasteiger partial charge in [-0.3, -0.25) is 14.5 Å². The third-order valence-electron chi connectivity index (χ3n) is 5.80. The highest BCUT2D eigenvalue weighted by molar-refractivity contribution is 7.14. The number of thiazole rings is 1. The predicted molar refractivity (Wildman–Crippen MR) is 130 cm³/mol. The van der Waals surface area contributed by atoms with Crippen LogP contribution in [0.2, 0.25) is 0 Å². The highest BCUT2D eigenvalue weighted by atomic mass is 32.1. The molecule has 0 spiro atoms. The van der Waals surface area contributed by atoms with Crippen LogP contribution < -0.4 is 14.4 Å². The average Bonchev–Trinajstić information content (AvgIpc) is 3.49. The molecular weight excluding hydrogens is 452 g/mol. The van der Waals surface area contributed by atoms with Crippen molar-refractivity contribution in [2.45, 2.75) is 6.04 Å². The lowest BCUT2D eigenvalue weighted by Gasteiger charge is -2.23. The third-order valence-corrected chi connectivity index (χ3v) is 6.57.